The summed E-state index contributed by atoms with van der Waals surface area (Å²) in [6.07, 6.45) is 2.51. The molecule has 1 aliphatic rings. The number of aryl methyl sites for hydroxylation is 1. The first kappa shape index (κ1) is 10.1. The van der Waals surface area contributed by atoms with Crippen molar-refractivity contribution in [2.45, 2.75) is 26.2 Å². The van der Waals surface area contributed by atoms with Crippen LogP contribution in [0.15, 0.2) is 0 Å². The van der Waals surface area contributed by atoms with Crippen LogP contribution in [0, 0.1) is 17.2 Å². The van der Waals surface area contributed by atoms with Gasteiger partial charge in [-0.25, -0.2) is 4.98 Å². The van der Waals surface area contributed by atoms with Crippen LogP contribution in [-0.2, 0) is 17.6 Å². The maximum atomic E-state index is 10.8. The normalized spacial score (nSPS) is 19.1. The predicted octanol–water partition coefficient (Wildman–Crippen LogP) is 1.73. The summed E-state index contributed by atoms with van der Waals surface area (Å²) in [6.45, 7) is 1.47. The summed E-state index contributed by atoms with van der Waals surface area (Å²) in [6, 6.07) is 2.29. The Kier molecular flexibility index (Phi) is 2.69. The van der Waals surface area contributed by atoms with E-state index in [0.717, 1.165) is 29.8 Å². The van der Waals surface area contributed by atoms with Gasteiger partial charge in [-0.15, -0.1) is 11.3 Å². The van der Waals surface area contributed by atoms with Gasteiger partial charge in [-0.1, -0.05) is 0 Å². The molecule has 0 saturated carbocycles. The summed E-state index contributed by atoms with van der Waals surface area (Å²) in [7, 11) is 0. The number of amides is 1. The van der Waals surface area contributed by atoms with E-state index in [1.165, 1.54) is 18.3 Å². The van der Waals surface area contributed by atoms with Crippen molar-refractivity contribution in [3.8, 4) is 6.07 Å². The average molecular weight is 221 g/mol. The Hall–Kier alpha value is -1.41. The lowest BCUT2D eigenvalue weighted by atomic mass is 9.92. The number of hydrogen-bond acceptors (Lipinski definition) is 4. The van der Waals surface area contributed by atoms with Crippen LogP contribution < -0.4 is 5.32 Å². The van der Waals surface area contributed by atoms with Crippen LogP contribution >= 0.6 is 11.3 Å². The van der Waals surface area contributed by atoms with E-state index in [2.05, 4.69) is 16.4 Å². The molecule has 1 atom stereocenters. The van der Waals surface area contributed by atoms with Gasteiger partial charge >= 0.3 is 0 Å². The van der Waals surface area contributed by atoms with Crippen molar-refractivity contribution in [1.82, 2.24) is 4.98 Å². The Morgan fingerprint density at radius 2 is 2.53 bits per heavy atom. The predicted molar refractivity (Wildman–Crippen MR) is 57.5 cm³/mol. The second-order valence-electron chi connectivity index (χ2n) is 3.64. The van der Waals surface area contributed by atoms with Gasteiger partial charge in [0.2, 0.25) is 5.91 Å². The number of anilines is 1. The van der Waals surface area contributed by atoms with Crippen molar-refractivity contribution in [3.63, 3.8) is 0 Å². The molecule has 0 radical (unpaired) electrons. The zero-order chi connectivity index (χ0) is 10.8. The first-order valence-corrected chi connectivity index (χ1v) is 5.66. The molecule has 2 rings (SSSR count). The number of nitrogens with one attached hydrogen (secondary N) is 1. The fourth-order valence-corrected chi connectivity index (χ4v) is 2.82. The molecule has 15 heavy (non-hydrogen) atoms. The molecule has 0 saturated heterocycles. The van der Waals surface area contributed by atoms with Crippen molar-refractivity contribution in [1.29, 1.82) is 5.26 Å². The topological polar surface area (TPSA) is 65.8 Å². The van der Waals surface area contributed by atoms with E-state index in [1.807, 2.05) is 0 Å². The van der Waals surface area contributed by atoms with Crippen molar-refractivity contribution < 1.29 is 4.79 Å². The Morgan fingerprint density at radius 3 is 3.20 bits per heavy atom. The summed E-state index contributed by atoms with van der Waals surface area (Å²) in [4.78, 5) is 16.3. The van der Waals surface area contributed by atoms with E-state index in [4.69, 9.17) is 5.26 Å². The number of hydrogen-bond donors (Lipinski definition) is 1. The first-order chi connectivity index (χ1) is 7.19. The van der Waals surface area contributed by atoms with Crippen LogP contribution in [0.5, 0.6) is 0 Å². The number of nitrogens with zero attached hydrogens (tertiary/aromatic N) is 2. The molecule has 1 unspecified atom stereocenters. The molecule has 0 fully saturated rings. The lowest BCUT2D eigenvalue weighted by Gasteiger charge is -2.13. The van der Waals surface area contributed by atoms with E-state index >= 15 is 0 Å². The average Bonchev–Trinajstić information content (AvgIpc) is 2.57. The van der Waals surface area contributed by atoms with Crippen LogP contribution in [0.4, 0.5) is 5.13 Å². The largest absolute Gasteiger partial charge is 0.302 e. The first-order valence-electron chi connectivity index (χ1n) is 4.85. The lowest BCUT2D eigenvalue weighted by Crippen LogP contribution is -2.10. The summed E-state index contributed by atoms with van der Waals surface area (Å²) < 4.78 is 0. The van der Waals surface area contributed by atoms with Crippen LogP contribution in [0.3, 0.4) is 0 Å². The van der Waals surface area contributed by atoms with Gasteiger partial charge in [0.25, 0.3) is 0 Å². The fraction of sp³-hybridized carbons (Fsp3) is 0.500. The van der Waals surface area contributed by atoms with Crippen LogP contribution in [0.25, 0.3) is 0 Å². The second kappa shape index (κ2) is 3.99. The van der Waals surface area contributed by atoms with Gasteiger partial charge in [0.1, 0.15) is 0 Å². The Bertz CT molecular complexity index is 432. The minimum absolute atomic E-state index is 0.0991. The molecular formula is C10H11N3OS. The Labute approximate surface area is 91.9 Å². The third-order valence-electron chi connectivity index (χ3n) is 2.41. The standard InChI is InChI=1S/C10H11N3OS/c1-6(14)12-10-13-8-3-2-7(5-11)4-9(8)15-10/h7H,2-4H2,1H3,(H,12,13,14). The van der Waals surface area contributed by atoms with Gasteiger partial charge in [-0.05, 0) is 19.3 Å². The zero-order valence-electron chi connectivity index (χ0n) is 8.41. The van der Waals surface area contributed by atoms with E-state index in [9.17, 15) is 4.79 Å². The van der Waals surface area contributed by atoms with Crippen molar-refractivity contribution >= 4 is 22.4 Å². The smallest absolute Gasteiger partial charge is 0.223 e. The third-order valence-corrected chi connectivity index (χ3v) is 3.44. The molecular weight excluding hydrogens is 210 g/mol. The molecule has 5 heteroatoms. The molecule has 78 valence electrons. The monoisotopic (exact) mass is 221 g/mol. The van der Waals surface area contributed by atoms with Crippen molar-refractivity contribution in [2.75, 3.05) is 5.32 Å². The minimum atomic E-state index is -0.0991. The Morgan fingerprint density at radius 1 is 1.73 bits per heavy atom. The van der Waals surface area contributed by atoms with E-state index < -0.39 is 0 Å². The van der Waals surface area contributed by atoms with Crippen LogP contribution in [0.2, 0.25) is 0 Å². The highest BCUT2D eigenvalue weighted by Gasteiger charge is 2.22. The van der Waals surface area contributed by atoms with Crippen LogP contribution in [0.1, 0.15) is 23.9 Å². The molecule has 1 N–H and O–H groups in total. The summed E-state index contributed by atoms with van der Waals surface area (Å²) in [5.74, 6) is 0.0149. The molecule has 4 nitrogen and oxygen atoms in total. The summed E-state index contributed by atoms with van der Waals surface area (Å²) >= 11 is 1.49. The summed E-state index contributed by atoms with van der Waals surface area (Å²) in [5.41, 5.74) is 1.05. The molecule has 1 aromatic heterocycles. The highest BCUT2D eigenvalue weighted by molar-refractivity contribution is 7.15. The number of fused-ring (bicyclic) bond motifs is 1. The highest BCUT2D eigenvalue weighted by atomic mass is 32.1. The number of carbonyl (C=O) groups is 1. The molecule has 0 aromatic carbocycles. The molecule has 1 aliphatic carbocycles. The summed E-state index contributed by atoms with van der Waals surface area (Å²) in [5, 5.41) is 12.2. The lowest BCUT2D eigenvalue weighted by molar-refractivity contribution is -0.114. The van der Waals surface area contributed by atoms with Gasteiger partial charge in [0.15, 0.2) is 5.13 Å². The van der Waals surface area contributed by atoms with Gasteiger partial charge in [0, 0.05) is 11.8 Å². The number of aromatic nitrogens is 1. The van der Waals surface area contributed by atoms with E-state index in [0.29, 0.717) is 5.13 Å². The highest BCUT2D eigenvalue weighted by Crippen LogP contribution is 2.31. The minimum Gasteiger partial charge on any atom is -0.302 e. The fourth-order valence-electron chi connectivity index (χ4n) is 1.69. The number of nitriles is 1. The third kappa shape index (κ3) is 2.16. The van der Waals surface area contributed by atoms with Gasteiger partial charge < -0.3 is 5.32 Å². The van der Waals surface area contributed by atoms with Gasteiger partial charge in [0.05, 0.1) is 17.7 Å². The Balaban J connectivity index is 2.18. The molecule has 0 aliphatic heterocycles. The maximum Gasteiger partial charge on any atom is 0.223 e. The molecule has 1 aromatic rings. The van der Waals surface area contributed by atoms with Gasteiger partial charge in [-0.2, -0.15) is 5.26 Å². The van der Waals surface area contributed by atoms with Crippen molar-refractivity contribution in [2.24, 2.45) is 5.92 Å². The van der Waals surface area contributed by atoms with Crippen LogP contribution in [-0.4, -0.2) is 10.9 Å². The molecule has 1 heterocycles. The number of thiazole rings is 1. The van der Waals surface area contributed by atoms with Gasteiger partial charge in [-0.3, -0.25) is 4.79 Å². The zero-order valence-corrected chi connectivity index (χ0v) is 9.23. The SMILES string of the molecule is CC(=O)Nc1nc2c(s1)CC(C#N)CC2. The maximum absolute atomic E-state index is 10.8. The molecule has 1 amide bonds. The van der Waals surface area contributed by atoms with Crippen molar-refractivity contribution in [3.05, 3.63) is 10.6 Å². The van der Waals surface area contributed by atoms with E-state index in [-0.39, 0.29) is 11.8 Å². The molecule has 0 bridgehead atoms. The molecule has 0 spiro atoms. The number of carbonyl (C=O) groups excluding carboxylic acids is 1. The number of rotatable bonds is 1. The quantitative estimate of drug-likeness (QED) is 0.785. The second-order valence-corrected chi connectivity index (χ2v) is 4.72. The van der Waals surface area contributed by atoms with E-state index in [1.54, 1.807) is 0 Å².